The van der Waals surface area contributed by atoms with Gasteiger partial charge in [0.15, 0.2) is 0 Å². The van der Waals surface area contributed by atoms with Crippen molar-refractivity contribution in [2.24, 2.45) is 0 Å². The zero-order valence-electron chi connectivity index (χ0n) is 9.83. The molecule has 0 fully saturated rings. The predicted octanol–water partition coefficient (Wildman–Crippen LogP) is 0.404. The molecule has 2 aromatic rings. The van der Waals surface area contributed by atoms with Crippen molar-refractivity contribution < 1.29 is 13.2 Å². The lowest BCUT2D eigenvalue weighted by molar-refractivity contribution is 0.325. The SMILES string of the molecule is Nc1[nH]ncc1S(=O)(=O)NC1COc2ccccc21. The molecule has 0 radical (unpaired) electrons. The minimum atomic E-state index is -3.72. The molecule has 100 valence electrons. The third-order valence-electron chi connectivity index (χ3n) is 2.92. The summed E-state index contributed by atoms with van der Waals surface area (Å²) in [6, 6.07) is 6.88. The van der Waals surface area contributed by atoms with E-state index in [1.165, 1.54) is 6.20 Å². The second kappa shape index (κ2) is 4.25. The Morgan fingerprint density at radius 3 is 2.95 bits per heavy atom. The van der Waals surface area contributed by atoms with Crippen LogP contribution in [0.2, 0.25) is 0 Å². The van der Waals surface area contributed by atoms with Crippen LogP contribution in [0.1, 0.15) is 11.6 Å². The maximum Gasteiger partial charge on any atom is 0.246 e. The number of nitrogens with one attached hydrogen (secondary N) is 2. The van der Waals surface area contributed by atoms with Gasteiger partial charge in [-0.25, -0.2) is 8.42 Å². The van der Waals surface area contributed by atoms with Crippen molar-refractivity contribution in [2.75, 3.05) is 12.3 Å². The Hall–Kier alpha value is -2.06. The number of para-hydroxylation sites is 1. The summed E-state index contributed by atoms with van der Waals surface area (Å²) in [5.41, 5.74) is 6.34. The molecular formula is C11H12N4O3S. The number of ether oxygens (including phenoxy) is 1. The number of hydrogen-bond donors (Lipinski definition) is 3. The van der Waals surface area contributed by atoms with E-state index in [1.807, 2.05) is 18.2 Å². The Labute approximate surface area is 109 Å². The van der Waals surface area contributed by atoms with Gasteiger partial charge in [-0.1, -0.05) is 18.2 Å². The number of aromatic amines is 1. The molecule has 0 spiro atoms. The van der Waals surface area contributed by atoms with Gasteiger partial charge in [0.25, 0.3) is 0 Å². The van der Waals surface area contributed by atoms with Gasteiger partial charge < -0.3 is 10.5 Å². The number of nitrogens with zero attached hydrogens (tertiary/aromatic N) is 1. The lowest BCUT2D eigenvalue weighted by Crippen LogP contribution is -2.29. The second-order valence-corrected chi connectivity index (χ2v) is 5.85. The maximum absolute atomic E-state index is 12.2. The zero-order valence-corrected chi connectivity index (χ0v) is 10.6. The number of sulfonamides is 1. The highest BCUT2D eigenvalue weighted by atomic mass is 32.2. The fourth-order valence-electron chi connectivity index (χ4n) is 2.01. The van der Waals surface area contributed by atoms with Crippen LogP contribution in [0.3, 0.4) is 0 Å². The van der Waals surface area contributed by atoms with Crippen LogP contribution in [0.25, 0.3) is 0 Å². The Morgan fingerprint density at radius 2 is 2.21 bits per heavy atom. The van der Waals surface area contributed by atoms with E-state index in [0.29, 0.717) is 5.75 Å². The molecule has 1 aliphatic heterocycles. The van der Waals surface area contributed by atoms with Gasteiger partial charge in [-0.15, -0.1) is 0 Å². The molecule has 1 atom stereocenters. The Morgan fingerprint density at radius 1 is 1.42 bits per heavy atom. The molecule has 4 N–H and O–H groups in total. The molecule has 1 aromatic heterocycles. The van der Waals surface area contributed by atoms with Gasteiger partial charge in [0.05, 0.1) is 12.2 Å². The summed E-state index contributed by atoms with van der Waals surface area (Å²) >= 11 is 0. The Balaban J connectivity index is 1.90. The van der Waals surface area contributed by atoms with Gasteiger partial charge in [0.2, 0.25) is 10.0 Å². The van der Waals surface area contributed by atoms with Crippen LogP contribution in [-0.4, -0.2) is 25.2 Å². The van der Waals surface area contributed by atoms with Crippen molar-refractivity contribution in [3.63, 3.8) is 0 Å². The first kappa shape index (κ1) is 12.0. The van der Waals surface area contributed by atoms with E-state index in [1.54, 1.807) is 6.07 Å². The molecule has 3 rings (SSSR count). The quantitative estimate of drug-likeness (QED) is 0.754. The minimum Gasteiger partial charge on any atom is -0.491 e. The van der Waals surface area contributed by atoms with E-state index < -0.39 is 16.1 Å². The number of fused-ring (bicyclic) bond motifs is 1. The molecule has 0 saturated carbocycles. The highest BCUT2D eigenvalue weighted by Crippen LogP contribution is 2.32. The Kier molecular flexibility index (Phi) is 2.68. The van der Waals surface area contributed by atoms with Crippen molar-refractivity contribution >= 4 is 15.8 Å². The normalized spacial score (nSPS) is 18.0. The van der Waals surface area contributed by atoms with Crippen LogP contribution in [-0.2, 0) is 10.0 Å². The molecular weight excluding hydrogens is 268 g/mol. The third-order valence-corrected chi connectivity index (χ3v) is 4.42. The van der Waals surface area contributed by atoms with Crippen LogP contribution in [0.4, 0.5) is 5.82 Å². The molecule has 0 aliphatic carbocycles. The van der Waals surface area contributed by atoms with E-state index in [-0.39, 0.29) is 17.3 Å². The largest absolute Gasteiger partial charge is 0.491 e. The van der Waals surface area contributed by atoms with Crippen LogP contribution < -0.4 is 15.2 Å². The highest BCUT2D eigenvalue weighted by molar-refractivity contribution is 7.89. The fraction of sp³-hybridized carbons (Fsp3) is 0.182. The van der Waals surface area contributed by atoms with Crippen LogP contribution >= 0.6 is 0 Å². The van der Waals surface area contributed by atoms with Gasteiger partial charge in [0.1, 0.15) is 23.1 Å². The minimum absolute atomic E-state index is 0.0136. The smallest absolute Gasteiger partial charge is 0.246 e. The number of hydrogen-bond acceptors (Lipinski definition) is 5. The molecule has 19 heavy (non-hydrogen) atoms. The van der Waals surface area contributed by atoms with Crippen molar-refractivity contribution in [2.45, 2.75) is 10.9 Å². The average Bonchev–Trinajstić information content (AvgIpc) is 2.97. The fourth-order valence-corrected chi connectivity index (χ4v) is 3.23. The van der Waals surface area contributed by atoms with E-state index >= 15 is 0 Å². The van der Waals surface area contributed by atoms with Crippen LogP contribution in [0, 0.1) is 0 Å². The first-order valence-electron chi connectivity index (χ1n) is 5.61. The second-order valence-electron chi connectivity index (χ2n) is 4.17. The van der Waals surface area contributed by atoms with Gasteiger partial charge in [0, 0.05) is 5.56 Å². The number of nitrogen functional groups attached to an aromatic ring is 1. The van der Waals surface area contributed by atoms with Gasteiger partial charge in [-0.3, -0.25) is 5.10 Å². The van der Waals surface area contributed by atoms with E-state index in [9.17, 15) is 8.42 Å². The molecule has 1 aliphatic rings. The summed E-state index contributed by atoms with van der Waals surface area (Å²) in [4.78, 5) is -0.0584. The third kappa shape index (κ3) is 2.04. The molecule has 1 unspecified atom stereocenters. The van der Waals surface area contributed by atoms with Crippen molar-refractivity contribution in [3.05, 3.63) is 36.0 Å². The summed E-state index contributed by atoms with van der Waals surface area (Å²) < 4.78 is 32.3. The van der Waals surface area contributed by atoms with Crippen LogP contribution in [0.15, 0.2) is 35.4 Å². The number of aromatic nitrogens is 2. The topological polar surface area (TPSA) is 110 Å². The van der Waals surface area contributed by atoms with E-state index in [2.05, 4.69) is 14.9 Å². The lowest BCUT2D eigenvalue weighted by Gasteiger charge is -2.11. The van der Waals surface area contributed by atoms with Crippen molar-refractivity contribution in [1.29, 1.82) is 0 Å². The first-order valence-corrected chi connectivity index (χ1v) is 7.09. The van der Waals surface area contributed by atoms with Gasteiger partial charge >= 0.3 is 0 Å². The monoisotopic (exact) mass is 280 g/mol. The summed E-state index contributed by atoms with van der Waals surface area (Å²) in [7, 11) is -3.72. The molecule has 8 heteroatoms. The first-order chi connectivity index (χ1) is 9.08. The number of nitrogens with two attached hydrogens (primary N) is 1. The summed E-state index contributed by atoms with van der Waals surface area (Å²) in [5, 5.41) is 6.00. The molecule has 0 saturated heterocycles. The van der Waals surface area contributed by atoms with E-state index in [4.69, 9.17) is 10.5 Å². The lowest BCUT2D eigenvalue weighted by atomic mass is 10.1. The predicted molar refractivity (Wildman–Crippen MR) is 68.0 cm³/mol. The number of anilines is 1. The molecule has 1 aromatic carbocycles. The molecule has 7 nitrogen and oxygen atoms in total. The number of rotatable bonds is 3. The highest BCUT2D eigenvalue weighted by Gasteiger charge is 2.30. The van der Waals surface area contributed by atoms with Crippen molar-refractivity contribution in [1.82, 2.24) is 14.9 Å². The van der Waals surface area contributed by atoms with Gasteiger partial charge in [-0.05, 0) is 6.07 Å². The molecule has 2 heterocycles. The number of H-pyrrole nitrogens is 1. The maximum atomic E-state index is 12.2. The summed E-state index contributed by atoms with van der Waals surface area (Å²) in [5.74, 6) is 0.704. The average molecular weight is 280 g/mol. The Bertz CT molecular complexity index is 710. The standard InChI is InChI=1S/C11H12N4O3S/c12-11-10(5-13-14-11)19(16,17)15-8-6-18-9-4-2-1-3-7(8)9/h1-5,8,15H,6H2,(H3,12,13,14). The molecule has 0 amide bonds. The van der Waals surface area contributed by atoms with Gasteiger partial charge in [-0.2, -0.15) is 9.82 Å². The summed E-state index contributed by atoms with van der Waals surface area (Å²) in [6.45, 7) is 0.260. The van der Waals surface area contributed by atoms with Crippen molar-refractivity contribution in [3.8, 4) is 5.75 Å². The van der Waals surface area contributed by atoms with E-state index in [0.717, 1.165) is 5.56 Å². The van der Waals surface area contributed by atoms with Crippen LogP contribution in [0.5, 0.6) is 5.75 Å². The summed E-state index contributed by atoms with van der Waals surface area (Å²) in [6.07, 6.45) is 1.18. The molecule has 0 bridgehead atoms. The number of benzene rings is 1. The zero-order chi connectivity index (χ0) is 13.5.